The molecule has 1 amide bonds. The molecule has 0 spiro atoms. The van der Waals surface area contributed by atoms with Gasteiger partial charge in [0.2, 0.25) is 10.0 Å². The van der Waals surface area contributed by atoms with E-state index in [9.17, 15) is 13.2 Å². The number of rotatable bonds is 7. The molecule has 3 N–H and O–H groups in total. The fourth-order valence-electron chi connectivity index (χ4n) is 2.36. The van der Waals surface area contributed by atoms with Gasteiger partial charge in [0, 0.05) is 12.1 Å². The predicted molar refractivity (Wildman–Crippen MR) is 96.8 cm³/mol. The zero-order valence-corrected chi connectivity index (χ0v) is 14.9. The minimum Gasteiger partial charge on any atom is -0.410 e. The van der Waals surface area contributed by atoms with E-state index in [2.05, 4.69) is 12.2 Å². The third-order valence-corrected chi connectivity index (χ3v) is 4.59. The van der Waals surface area contributed by atoms with Gasteiger partial charge in [0.25, 0.3) is 0 Å². The second-order valence-electron chi connectivity index (χ2n) is 5.59. The molecule has 0 radical (unpaired) electrons. The number of primary sulfonamides is 1. The average molecular weight is 362 g/mol. The highest BCUT2D eigenvalue weighted by Crippen LogP contribution is 2.28. The Morgan fingerprint density at radius 3 is 2.40 bits per heavy atom. The summed E-state index contributed by atoms with van der Waals surface area (Å²) >= 11 is 0. The van der Waals surface area contributed by atoms with E-state index >= 15 is 0 Å². The molecular formula is C18H22N2O4S. The van der Waals surface area contributed by atoms with E-state index < -0.39 is 16.1 Å². The molecule has 0 fully saturated rings. The maximum atomic E-state index is 11.7. The normalized spacial score (nSPS) is 11.1. The van der Waals surface area contributed by atoms with Gasteiger partial charge >= 0.3 is 6.09 Å². The molecule has 0 bridgehead atoms. The fourth-order valence-corrected chi connectivity index (χ4v) is 3.13. The molecule has 0 aliphatic carbocycles. The summed E-state index contributed by atoms with van der Waals surface area (Å²) in [6.45, 7) is 2.67. The third-order valence-electron chi connectivity index (χ3n) is 3.62. The van der Waals surface area contributed by atoms with Crippen molar-refractivity contribution >= 4 is 16.1 Å². The van der Waals surface area contributed by atoms with Crippen LogP contribution < -0.4 is 15.2 Å². The Hall–Kier alpha value is -2.38. The Labute approximate surface area is 148 Å². The highest BCUT2D eigenvalue weighted by Gasteiger charge is 2.14. The lowest BCUT2D eigenvalue weighted by atomic mass is 10.1. The topological polar surface area (TPSA) is 98.5 Å². The van der Waals surface area contributed by atoms with Crippen LogP contribution in [0.15, 0.2) is 53.4 Å². The molecule has 6 nitrogen and oxygen atoms in total. The maximum Gasteiger partial charge on any atom is 0.412 e. The van der Waals surface area contributed by atoms with E-state index in [1.165, 1.54) is 6.07 Å². The van der Waals surface area contributed by atoms with Gasteiger partial charge in [-0.1, -0.05) is 50.1 Å². The second-order valence-corrected chi connectivity index (χ2v) is 7.12. The molecule has 0 aliphatic heterocycles. The van der Waals surface area contributed by atoms with Crippen molar-refractivity contribution in [1.82, 2.24) is 5.32 Å². The van der Waals surface area contributed by atoms with Crippen LogP contribution in [0.5, 0.6) is 5.75 Å². The zero-order chi connectivity index (χ0) is 18.3. The summed E-state index contributed by atoms with van der Waals surface area (Å²) in [5.74, 6) is 0.379. The van der Waals surface area contributed by atoms with Crippen molar-refractivity contribution in [2.24, 2.45) is 5.14 Å². The number of nitrogens with two attached hydrogens (primary N) is 1. The molecule has 2 aromatic rings. The van der Waals surface area contributed by atoms with Crippen LogP contribution in [0.25, 0.3) is 11.1 Å². The van der Waals surface area contributed by atoms with Crippen molar-refractivity contribution < 1.29 is 17.9 Å². The molecule has 0 aliphatic rings. The monoisotopic (exact) mass is 362 g/mol. The molecule has 7 heteroatoms. The van der Waals surface area contributed by atoms with Crippen LogP contribution >= 0.6 is 0 Å². The zero-order valence-electron chi connectivity index (χ0n) is 14.1. The largest absolute Gasteiger partial charge is 0.412 e. The Kier molecular flexibility index (Phi) is 6.55. The molecule has 2 rings (SSSR count). The average Bonchev–Trinajstić information content (AvgIpc) is 2.59. The van der Waals surface area contributed by atoms with Gasteiger partial charge in [0.05, 0.1) is 4.90 Å². The first kappa shape index (κ1) is 19.0. The summed E-state index contributed by atoms with van der Waals surface area (Å²) in [7, 11) is -3.82. The molecule has 0 saturated heterocycles. The molecule has 0 aromatic heterocycles. The van der Waals surface area contributed by atoms with Gasteiger partial charge in [0.1, 0.15) is 5.75 Å². The van der Waals surface area contributed by atoms with Gasteiger partial charge in [-0.15, -0.1) is 0 Å². The molecule has 0 saturated carbocycles. The number of sulfonamides is 1. The molecule has 2 aromatic carbocycles. The SMILES string of the molecule is CCCCCNC(=O)Oc1ccc(-c2ccccc2S(N)(=O)=O)cc1. The fraction of sp³-hybridized carbons (Fsp3) is 0.278. The quantitative estimate of drug-likeness (QED) is 0.738. The van der Waals surface area contributed by atoms with Crippen LogP contribution in [0.3, 0.4) is 0 Å². The second kappa shape index (κ2) is 8.64. The van der Waals surface area contributed by atoms with E-state index in [0.29, 0.717) is 23.4 Å². The summed E-state index contributed by atoms with van der Waals surface area (Å²) in [4.78, 5) is 11.7. The van der Waals surface area contributed by atoms with E-state index in [1.807, 2.05) is 0 Å². The first-order valence-corrected chi connectivity index (χ1v) is 9.64. The first-order chi connectivity index (χ1) is 11.9. The maximum absolute atomic E-state index is 11.7. The van der Waals surface area contributed by atoms with Crippen LogP contribution in [0, 0.1) is 0 Å². The molecule has 0 heterocycles. The van der Waals surface area contributed by atoms with Crippen LogP contribution in [0.2, 0.25) is 0 Å². The highest BCUT2D eigenvalue weighted by molar-refractivity contribution is 7.89. The van der Waals surface area contributed by atoms with E-state index in [1.54, 1.807) is 42.5 Å². The number of benzene rings is 2. The van der Waals surface area contributed by atoms with Crippen molar-refractivity contribution in [1.29, 1.82) is 0 Å². The summed E-state index contributed by atoms with van der Waals surface area (Å²) in [6, 6.07) is 13.1. The van der Waals surface area contributed by atoms with Gasteiger partial charge in [0.15, 0.2) is 0 Å². The minimum atomic E-state index is -3.82. The molecule has 0 atom stereocenters. The summed E-state index contributed by atoms with van der Waals surface area (Å²) in [6.07, 6.45) is 2.54. The highest BCUT2D eigenvalue weighted by atomic mass is 32.2. The lowest BCUT2D eigenvalue weighted by Crippen LogP contribution is -2.27. The van der Waals surface area contributed by atoms with Crippen molar-refractivity contribution in [2.75, 3.05) is 6.54 Å². The number of ether oxygens (including phenoxy) is 1. The van der Waals surface area contributed by atoms with Gasteiger partial charge in [-0.05, 0) is 30.2 Å². The van der Waals surface area contributed by atoms with Crippen molar-refractivity contribution in [3.63, 3.8) is 0 Å². The van der Waals surface area contributed by atoms with E-state index in [0.717, 1.165) is 19.3 Å². The predicted octanol–water partition coefficient (Wildman–Crippen LogP) is 3.28. The van der Waals surface area contributed by atoms with Crippen molar-refractivity contribution in [3.05, 3.63) is 48.5 Å². The minimum absolute atomic E-state index is 0.0531. The number of nitrogens with one attached hydrogen (secondary N) is 1. The number of hydrogen-bond acceptors (Lipinski definition) is 4. The van der Waals surface area contributed by atoms with Crippen LogP contribution in [-0.2, 0) is 10.0 Å². The van der Waals surface area contributed by atoms with E-state index in [4.69, 9.17) is 9.88 Å². The van der Waals surface area contributed by atoms with Crippen molar-refractivity contribution in [2.45, 2.75) is 31.1 Å². The van der Waals surface area contributed by atoms with Gasteiger partial charge in [-0.2, -0.15) is 0 Å². The Bertz CT molecular complexity index is 817. The van der Waals surface area contributed by atoms with Gasteiger partial charge in [-0.3, -0.25) is 0 Å². The van der Waals surface area contributed by atoms with Crippen LogP contribution in [-0.4, -0.2) is 21.1 Å². The summed E-state index contributed by atoms with van der Waals surface area (Å²) < 4.78 is 28.6. The summed E-state index contributed by atoms with van der Waals surface area (Å²) in [5, 5.41) is 7.94. The number of carbonyl (C=O) groups is 1. The smallest absolute Gasteiger partial charge is 0.410 e. The molecule has 0 unspecified atom stereocenters. The lowest BCUT2D eigenvalue weighted by molar-refractivity contribution is 0.200. The van der Waals surface area contributed by atoms with Crippen LogP contribution in [0.4, 0.5) is 4.79 Å². The van der Waals surface area contributed by atoms with Crippen LogP contribution in [0.1, 0.15) is 26.2 Å². The standard InChI is InChI=1S/C18H22N2O4S/c1-2-3-6-13-20-18(21)24-15-11-9-14(10-12-15)16-7-4-5-8-17(16)25(19,22)23/h4-5,7-12H,2-3,6,13H2,1H3,(H,20,21)(H2,19,22,23). The number of amides is 1. The van der Waals surface area contributed by atoms with Gasteiger partial charge in [-0.25, -0.2) is 18.4 Å². The van der Waals surface area contributed by atoms with E-state index in [-0.39, 0.29) is 4.90 Å². The molecular weight excluding hydrogens is 340 g/mol. The molecule has 134 valence electrons. The molecule has 25 heavy (non-hydrogen) atoms. The number of unbranched alkanes of at least 4 members (excludes halogenated alkanes) is 2. The first-order valence-electron chi connectivity index (χ1n) is 8.09. The third kappa shape index (κ3) is 5.58. The Morgan fingerprint density at radius 1 is 1.08 bits per heavy atom. The Morgan fingerprint density at radius 2 is 1.76 bits per heavy atom. The van der Waals surface area contributed by atoms with Gasteiger partial charge < -0.3 is 10.1 Å². The van der Waals surface area contributed by atoms with Crippen molar-refractivity contribution in [3.8, 4) is 16.9 Å². The summed E-state index contributed by atoms with van der Waals surface area (Å²) in [5.41, 5.74) is 1.17. The number of hydrogen-bond donors (Lipinski definition) is 2. The lowest BCUT2D eigenvalue weighted by Gasteiger charge is -2.09. The Balaban J connectivity index is 2.07. The number of carbonyl (C=O) groups excluding carboxylic acids is 1.